The number of hydrogen-bond acceptors (Lipinski definition) is 6. The third-order valence-corrected chi connectivity index (χ3v) is 1.67. The van der Waals surface area contributed by atoms with Crippen LogP contribution in [0.1, 0.15) is 13.3 Å². The minimum absolute atomic E-state index is 0.548. The lowest BCUT2D eigenvalue weighted by Crippen LogP contribution is -1.97. The molecule has 0 aliphatic rings. The van der Waals surface area contributed by atoms with Crippen molar-refractivity contribution in [3.8, 4) is 0 Å². The van der Waals surface area contributed by atoms with E-state index in [1.54, 1.807) is 19.1 Å². The Bertz CT molecular complexity index is 445. The van der Waals surface area contributed by atoms with Gasteiger partial charge in [0.25, 0.3) is 0 Å². The zero-order valence-electron chi connectivity index (χ0n) is 8.75. The lowest BCUT2D eigenvalue weighted by atomic mass is 10.4. The first kappa shape index (κ1) is 12.0. The summed E-state index contributed by atoms with van der Waals surface area (Å²) in [5.74, 6) is 0. The van der Waals surface area contributed by atoms with Crippen LogP contribution in [0.5, 0.6) is 0 Å². The van der Waals surface area contributed by atoms with Crippen LogP contribution in [0.3, 0.4) is 0 Å². The SMILES string of the molecule is CCC(O)N=C=N.c1cnc2n[nH]nc2c1. The topological polar surface area (TPSA) is 111 Å². The van der Waals surface area contributed by atoms with Crippen molar-refractivity contribution >= 4 is 17.2 Å². The fourth-order valence-electron chi connectivity index (χ4n) is 0.854. The Morgan fingerprint density at radius 2 is 2.44 bits per heavy atom. The van der Waals surface area contributed by atoms with Gasteiger partial charge < -0.3 is 5.11 Å². The predicted octanol–water partition coefficient (Wildman–Crippen LogP) is 0.820. The van der Waals surface area contributed by atoms with Crippen LogP contribution >= 0.6 is 0 Å². The summed E-state index contributed by atoms with van der Waals surface area (Å²) in [6, 6.07) is 5.42. The highest BCUT2D eigenvalue weighted by Crippen LogP contribution is 1.99. The minimum Gasteiger partial charge on any atom is -0.371 e. The molecule has 2 heterocycles. The van der Waals surface area contributed by atoms with E-state index in [0.717, 1.165) is 5.52 Å². The summed E-state index contributed by atoms with van der Waals surface area (Å²) in [6.45, 7) is 1.78. The number of nitrogens with one attached hydrogen (secondary N) is 2. The number of aliphatic hydroxyl groups excluding tert-OH is 1. The van der Waals surface area contributed by atoms with E-state index in [9.17, 15) is 0 Å². The van der Waals surface area contributed by atoms with Gasteiger partial charge in [0.05, 0.1) is 6.01 Å². The molecule has 0 aliphatic heterocycles. The number of aliphatic hydroxyl groups is 1. The first-order chi connectivity index (χ1) is 7.77. The molecule has 0 aliphatic carbocycles. The van der Waals surface area contributed by atoms with Gasteiger partial charge in [-0.3, -0.25) is 0 Å². The standard InChI is InChI=1S/C5H4N4.C4H8N2O/c1-2-4-5(6-3-1)8-9-7-4;1-2-4(7)6-3-5/h1-3H,(H,6,7,8,9);4-5,7H,2H2,1H3. The van der Waals surface area contributed by atoms with E-state index in [4.69, 9.17) is 10.5 Å². The van der Waals surface area contributed by atoms with Gasteiger partial charge in [-0.1, -0.05) is 6.92 Å². The molecule has 0 fully saturated rings. The molecule has 0 saturated heterocycles. The third-order valence-electron chi connectivity index (χ3n) is 1.67. The van der Waals surface area contributed by atoms with Gasteiger partial charge in [0.2, 0.25) is 5.65 Å². The van der Waals surface area contributed by atoms with Gasteiger partial charge in [-0.25, -0.2) is 10.4 Å². The molecule has 0 spiro atoms. The summed E-state index contributed by atoms with van der Waals surface area (Å²) >= 11 is 0. The van der Waals surface area contributed by atoms with Crippen LogP contribution in [0, 0.1) is 5.41 Å². The van der Waals surface area contributed by atoms with E-state index in [2.05, 4.69) is 25.4 Å². The second-order valence-electron chi connectivity index (χ2n) is 2.80. The van der Waals surface area contributed by atoms with Crippen molar-refractivity contribution in [3.63, 3.8) is 0 Å². The highest BCUT2D eigenvalue weighted by Gasteiger charge is 1.92. The maximum Gasteiger partial charge on any atom is 0.201 e. The van der Waals surface area contributed by atoms with E-state index in [-0.39, 0.29) is 0 Å². The first-order valence-corrected chi connectivity index (χ1v) is 4.69. The Balaban J connectivity index is 0.000000168. The Morgan fingerprint density at radius 3 is 3.00 bits per heavy atom. The van der Waals surface area contributed by atoms with E-state index >= 15 is 0 Å². The second-order valence-corrected chi connectivity index (χ2v) is 2.80. The largest absolute Gasteiger partial charge is 0.371 e. The Labute approximate surface area is 91.8 Å². The average Bonchev–Trinajstić information content (AvgIpc) is 2.78. The minimum atomic E-state index is -0.725. The van der Waals surface area contributed by atoms with Crippen LogP contribution in [0.25, 0.3) is 11.2 Å². The summed E-state index contributed by atoms with van der Waals surface area (Å²) < 4.78 is 0. The summed E-state index contributed by atoms with van der Waals surface area (Å²) in [6.07, 6.45) is 1.51. The molecule has 84 valence electrons. The van der Waals surface area contributed by atoms with Gasteiger partial charge in [0, 0.05) is 6.20 Å². The van der Waals surface area contributed by atoms with Crippen molar-refractivity contribution in [2.24, 2.45) is 4.99 Å². The van der Waals surface area contributed by atoms with Crippen molar-refractivity contribution in [3.05, 3.63) is 18.3 Å². The summed E-state index contributed by atoms with van der Waals surface area (Å²) in [5.41, 5.74) is 1.47. The van der Waals surface area contributed by atoms with Crippen LogP contribution in [0.4, 0.5) is 0 Å². The molecule has 2 aromatic heterocycles. The van der Waals surface area contributed by atoms with Crippen molar-refractivity contribution in [1.29, 1.82) is 5.41 Å². The number of nitrogens with zero attached hydrogens (tertiary/aromatic N) is 4. The van der Waals surface area contributed by atoms with Gasteiger partial charge in [0.15, 0.2) is 6.23 Å². The van der Waals surface area contributed by atoms with Crippen LogP contribution in [0.15, 0.2) is 23.3 Å². The number of aromatic nitrogens is 4. The monoisotopic (exact) mass is 220 g/mol. The molecule has 0 radical (unpaired) electrons. The van der Waals surface area contributed by atoms with Crippen LogP contribution in [-0.4, -0.2) is 37.7 Å². The van der Waals surface area contributed by atoms with E-state index < -0.39 is 6.23 Å². The van der Waals surface area contributed by atoms with Gasteiger partial charge in [-0.2, -0.15) is 15.3 Å². The van der Waals surface area contributed by atoms with Gasteiger partial charge in [-0.05, 0) is 18.6 Å². The van der Waals surface area contributed by atoms with Gasteiger partial charge in [0.1, 0.15) is 5.52 Å². The maximum atomic E-state index is 8.51. The first-order valence-electron chi connectivity index (χ1n) is 4.69. The number of aliphatic imine (C=N–C) groups is 1. The second kappa shape index (κ2) is 6.39. The molecular formula is C9H12N6O. The molecule has 7 nitrogen and oxygen atoms in total. The van der Waals surface area contributed by atoms with Crippen LogP contribution in [0.2, 0.25) is 0 Å². The molecule has 0 saturated carbocycles. The Hall–Kier alpha value is -2.11. The Morgan fingerprint density at radius 1 is 1.62 bits per heavy atom. The normalized spacial score (nSPS) is 11.1. The van der Waals surface area contributed by atoms with Crippen LogP contribution in [-0.2, 0) is 0 Å². The van der Waals surface area contributed by atoms with Gasteiger partial charge >= 0.3 is 0 Å². The molecule has 2 aromatic rings. The number of pyridine rings is 1. The van der Waals surface area contributed by atoms with Crippen LogP contribution < -0.4 is 0 Å². The van der Waals surface area contributed by atoms with Crippen molar-refractivity contribution < 1.29 is 5.11 Å². The summed E-state index contributed by atoms with van der Waals surface area (Å²) in [7, 11) is 0. The summed E-state index contributed by atoms with van der Waals surface area (Å²) in [5, 5.41) is 24.8. The van der Waals surface area contributed by atoms with E-state index in [1.165, 1.54) is 0 Å². The zero-order chi connectivity index (χ0) is 11.8. The molecule has 7 heteroatoms. The number of aromatic amines is 1. The molecular weight excluding hydrogens is 208 g/mol. The fourth-order valence-corrected chi connectivity index (χ4v) is 0.854. The summed E-state index contributed by atoms with van der Waals surface area (Å²) in [4.78, 5) is 7.15. The molecule has 1 unspecified atom stereocenters. The zero-order valence-corrected chi connectivity index (χ0v) is 8.75. The molecule has 0 aromatic carbocycles. The predicted molar refractivity (Wildman–Crippen MR) is 58.1 cm³/mol. The lowest BCUT2D eigenvalue weighted by Gasteiger charge is -1.92. The van der Waals surface area contributed by atoms with Crippen molar-refractivity contribution in [2.45, 2.75) is 19.6 Å². The highest BCUT2D eigenvalue weighted by atomic mass is 16.3. The molecule has 2 rings (SSSR count). The highest BCUT2D eigenvalue weighted by molar-refractivity contribution is 5.67. The van der Waals surface area contributed by atoms with Crippen molar-refractivity contribution in [1.82, 2.24) is 20.4 Å². The molecule has 0 amide bonds. The Kier molecular flexibility index (Phi) is 4.78. The number of rotatable bonds is 2. The van der Waals surface area contributed by atoms with Crippen molar-refractivity contribution in [2.75, 3.05) is 0 Å². The molecule has 1 atom stereocenters. The quantitative estimate of drug-likeness (QED) is 0.650. The molecule has 3 N–H and O–H groups in total. The molecule has 0 bridgehead atoms. The number of fused-ring (bicyclic) bond motifs is 1. The molecule has 16 heavy (non-hydrogen) atoms. The van der Waals surface area contributed by atoms with E-state index in [1.807, 2.05) is 12.1 Å². The smallest absolute Gasteiger partial charge is 0.201 e. The lowest BCUT2D eigenvalue weighted by molar-refractivity contribution is 0.181. The third kappa shape index (κ3) is 3.56. The average molecular weight is 220 g/mol. The van der Waals surface area contributed by atoms with E-state index in [0.29, 0.717) is 12.1 Å². The number of hydrogen-bond donors (Lipinski definition) is 3. The maximum absolute atomic E-state index is 8.51. The number of H-pyrrole nitrogens is 1. The van der Waals surface area contributed by atoms with Gasteiger partial charge in [-0.15, -0.1) is 5.10 Å². The fraction of sp³-hybridized carbons (Fsp3) is 0.333.